The number of hydrogen-bond acceptors (Lipinski definition) is 3. The number of thioether (sulfide) groups is 1. The van der Waals surface area contributed by atoms with Gasteiger partial charge in [0, 0.05) is 16.3 Å². The number of nitrogens with two attached hydrogens (primary N) is 1. The average molecular weight is 326 g/mol. The van der Waals surface area contributed by atoms with Crippen molar-refractivity contribution in [1.82, 2.24) is 0 Å². The largest absolute Gasteiger partial charge is 0.416 e. The Kier molecular flexibility index (Phi) is 4.97. The van der Waals surface area contributed by atoms with Crippen LogP contribution in [0.5, 0.6) is 0 Å². The van der Waals surface area contributed by atoms with E-state index in [-0.39, 0.29) is 11.7 Å². The van der Waals surface area contributed by atoms with Gasteiger partial charge in [0.15, 0.2) is 0 Å². The Bertz CT molecular complexity index is 657. The predicted octanol–water partition coefficient (Wildman–Crippen LogP) is 4.02. The molecule has 0 saturated carbocycles. The number of carbonyl (C=O) groups is 1. The fraction of sp³-hybridized carbons (Fsp3) is 0.133. The van der Waals surface area contributed by atoms with E-state index >= 15 is 0 Å². The van der Waals surface area contributed by atoms with Crippen molar-refractivity contribution in [3.63, 3.8) is 0 Å². The number of halogens is 3. The average Bonchev–Trinajstić information content (AvgIpc) is 2.46. The molecule has 22 heavy (non-hydrogen) atoms. The zero-order chi connectivity index (χ0) is 16.2. The van der Waals surface area contributed by atoms with Crippen LogP contribution in [0.1, 0.15) is 5.56 Å². The van der Waals surface area contributed by atoms with E-state index < -0.39 is 11.7 Å². The molecule has 0 aliphatic carbocycles. The lowest BCUT2D eigenvalue weighted by atomic mass is 10.2. The summed E-state index contributed by atoms with van der Waals surface area (Å²) in [6.45, 7) is 0. The van der Waals surface area contributed by atoms with Crippen molar-refractivity contribution in [2.75, 3.05) is 16.8 Å². The molecule has 0 fully saturated rings. The van der Waals surface area contributed by atoms with Gasteiger partial charge in [0.05, 0.1) is 11.3 Å². The van der Waals surface area contributed by atoms with Crippen LogP contribution in [-0.2, 0) is 11.0 Å². The Hall–Kier alpha value is -2.15. The minimum absolute atomic E-state index is 0.120. The number of benzene rings is 2. The molecule has 2 aromatic carbocycles. The first-order chi connectivity index (χ1) is 10.4. The predicted molar refractivity (Wildman–Crippen MR) is 81.7 cm³/mol. The van der Waals surface area contributed by atoms with E-state index in [4.69, 9.17) is 5.73 Å². The molecule has 1 amide bonds. The molecular weight excluding hydrogens is 313 g/mol. The van der Waals surface area contributed by atoms with Crippen LogP contribution in [0.2, 0.25) is 0 Å². The maximum absolute atomic E-state index is 12.4. The number of anilines is 2. The molecule has 116 valence electrons. The SMILES string of the molecule is Nc1ccccc1SCC(=O)Nc1ccc(C(F)(F)F)cc1. The van der Waals surface area contributed by atoms with E-state index in [1.165, 1.54) is 23.9 Å². The molecule has 0 aliphatic rings. The quantitative estimate of drug-likeness (QED) is 0.659. The molecule has 2 rings (SSSR count). The first kappa shape index (κ1) is 16.2. The van der Waals surface area contributed by atoms with Crippen LogP contribution < -0.4 is 11.1 Å². The van der Waals surface area contributed by atoms with E-state index in [0.717, 1.165) is 17.0 Å². The van der Waals surface area contributed by atoms with E-state index in [0.29, 0.717) is 11.4 Å². The summed E-state index contributed by atoms with van der Waals surface area (Å²) < 4.78 is 37.3. The van der Waals surface area contributed by atoms with Gasteiger partial charge >= 0.3 is 6.18 Å². The summed E-state index contributed by atoms with van der Waals surface area (Å²) in [5.74, 6) is -0.192. The Balaban J connectivity index is 1.91. The number of nitrogens with one attached hydrogen (secondary N) is 1. The maximum Gasteiger partial charge on any atom is 0.416 e. The van der Waals surface area contributed by atoms with Gasteiger partial charge in [0.2, 0.25) is 5.91 Å². The highest BCUT2D eigenvalue weighted by Crippen LogP contribution is 2.30. The van der Waals surface area contributed by atoms with Crippen LogP contribution >= 0.6 is 11.8 Å². The zero-order valence-corrected chi connectivity index (χ0v) is 12.2. The Labute approximate surface area is 129 Å². The summed E-state index contributed by atoms with van der Waals surface area (Å²) in [5.41, 5.74) is 5.90. The molecule has 0 spiro atoms. The monoisotopic (exact) mass is 326 g/mol. The van der Waals surface area contributed by atoms with Crippen LogP contribution in [0.25, 0.3) is 0 Å². The van der Waals surface area contributed by atoms with Crippen LogP contribution in [0.4, 0.5) is 24.5 Å². The molecule has 3 N–H and O–H groups in total. The van der Waals surface area contributed by atoms with Crippen molar-refractivity contribution >= 4 is 29.0 Å². The Morgan fingerprint density at radius 3 is 2.32 bits per heavy atom. The smallest absolute Gasteiger partial charge is 0.398 e. The molecule has 0 aliphatic heterocycles. The fourth-order valence-corrected chi connectivity index (χ4v) is 2.46. The van der Waals surface area contributed by atoms with Crippen molar-refractivity contribution in [1.29, 1.82) is 0 Å². The van der Waals surface area contributed by atoms with Gasteiger partial charge in [-0.2, -0.15) is 13.2 Å². The number of nitrogen functional groups attached to an aromatic ring is 1. The summed E-state index contributed by atoms with van der Waals surface area (Å²) in [6, 6.07) is 11.4. The first-order valence-corrected chi connectivity index (χ1v) is 7.29. The topological polar surface area (TPSA) is 55.1 Å². The third-order valence-electron chi connectivity index (χ3n) is 2.77. The number of rotatable bonds is 4. The summed E-state index contributed by atoms with van der Waals surface area (Å²) in [6.07, 6.45) is -4.39. The highest BCUT2D eigenvalue weighted by atomic mass is 32.2. The van der Waals surface area contributed by atoms with Crippen LogP contribution in [-0.4, -0.2) is 11.7 Å². The van der Waals surface area contributed by atoms with Gasteiger partial charge in [-0.15, -0.1) is 11.8 Å². The standard InChI is InChI=1S/C15H13F3N2OS/c16-15(17,18)10-5-7-11(8-6-10)20-14(21)9-22-13-4-2-1-3-12(13)19/h1-8H,9,19H2,(H,20,21). The highest BCUT2D eigenvalue weighted by Gasteiger charge is 2.29. The van der Waals surface area contributed by atoms with E-state index in [1.54, 1.807) is 18.2 Å². The lowest BCUT2D eigenvalue weighted by molar-refractivity contribution is -0.137. The number of carbonyl (C=O) groups excluding carboxylic acids is 1. The second kappa shape index (κ2) is 6.74. The molecule has 7 heteroatoms. The lowest BCUT2D eigenvalue weighted by Gasteiger charge is -2.09. The molecule has 0 heterocycles. The first-order valence-electron chi connectivity index (χ1n) is 6.30. The molecule has 0 saturated heterocycles. The summed E-state index contributed by atoms with van der Waals surface area (Å²) in [7, 11) is 0. The second-order valence-electron chi connectivity index (χ2n) is 4.45. The van der Waals surface area contributed by atoms with Crippen LogP contribution in [0.3, 0.4) is 0 Å². The van der Waals surface area contributed by atoms with Crippen LogP contribution in [0.15, 0.2) is 53.4 Å². The van der Waals surface area contributed by atoms with Gasteiger partial charge < -0.3 is 11.1 Å². The van der Waals surface area contributed by atoms with Gasteiger partial charge in [-0.1, -0.05) is 12.1 Å². The summed E-state index contributed by atoms with van der Waals surface area (Å²) in [5, 5.41) is 2.54. The molecule has 0 radical (unpaired) electrons. The Morgan fingerprint density at radius 2 is 1.73 bits per heavy atom. The molecule has 0 unspecified atom stereocenters. The van der Waals surface area contributed by atoms with Gasteiger partial charge in [0.25, 0.3) is 0 Å². The summed E-state index contributed by atoms with van der Waals surface area (Å²) >= 11 is 1.26. The number of amides is 1. The van der Waals surface area contributed by atoms with Gasteiger partial charge in [-0.05, 0) is 36.4 Å². The third kappa shape index (κ3) is 4.42. The molecule has 2 aromatic rings. The van der Waals surface area contributed by atoms with E-state index in [1.807, 2.05) is 6.07 Å². The molecule has 0 atom stereocenters. The van der Waals surface area contributed by atoms with Crippen molar-refractivity contribution in [2.45, 2.75) is 11.1 Å². The minimum atomic E-state index is -4.39. The van der Waals surface area contributed by atoms with Gasteiger partial charge in [0.1, 0.15) is 0 Å². The van der Waals surface area contributed by atoms with Gasteiger partial charge in [-0.25, -0.2) is 0 Å². The molecule has 0 bridgehead atoms. The highest BCUT2D eigenvalue weighted by molar-refractivity contribution is 8.00. The normalized spacial score (nSPS) is 11.2. The zero-order valence-electron chi connectivity index (χ0n) is 11.4. The van der Waals surface area contributed by atoms with Crippen molar-refractivity contribution in [3.05, 3.63) is 54.1 Å². The van der Waals surface area contributed by atoms with E-state index in [9.17, 15) is 18.0 Å². The fourth-order valence-electron chi connectivity index (χ4n) is 1.69. The van der Waals surface area contributed by atoms with Crippen molar-refractivity contribution < 1.29 is 18.0 Å². The van der Waals surface area contributed by atoms with Gasteiger partial charge in [-0.3, -0.25) is 4.79 Å². The lowest BCUT2D eigenvalue weighted by Crippen LogP contribution is -2.14. The second-order valence-corrected chi connectivity index (χ2v) is 5.47. The Morgan fingerprint density at radius 1 is 1.09 bits per heavy atom. The number of hydrogen-bond donors (Lipinski definition) is 2. The van der Waals surface area contributed by atoms with Crippen molar-refractivity contribution in [2.24, 2.45) is 0 Å². The number of para-hydroxylation sites is 1. The minimum Gasteiger partial charge on any atom is -0.398 e. The third-order valence-corrected chi connectivity index (χ3v) is 3.86. The molecular formula is C15H13F3N2OS. The molecule has 0 aromatic heterocycles. The summed E-state index contributed by atoms with van der Waals surface area (Å²) in [4.78, 5) is 12.6. The number of alkyl halides is 3. The van der Waals surface area contributed by atoms with Crippen molar-refractivity contribution in [3.8, 4) is 0 Å². The maximum atomic E-state index is 12.4. The van der Waals surface area contributed by atoms with E-state index in [2.05, 4.69) is 5.32 Å². The molecule has 3 nitrogen and oxygen atoms in total. The van der Waals surface area contributed by atoms with Crippen LogP contribution in [0, 0.1) is 0 Å².